The molecule has 0 aliphatic rings. The first-order valence-electron chi connectivity index (χ1n) is 42.8. The molecule has 6 nitrogen and oxygen atoms in total. The number of unbranched alkanes of at least 4 members (excludes halogenated alkanes) is 71. The summed E-state index contributed by atoms with van der Waals surface area (Å²) in [6, 6.07) is -0.536. The van der Waals surface area contributed by atoms with Gasteiger partial charge in [0.25, 0.3) is 0 Å². The Morgan fingerprint density at radius 3 is 0.670 bits per heavy atom. The van der Waals surface area contributed by atoms with E-state index in [2.05, 4.69) is 19.2 Å². The Kier molecular flexibility index (Phi) is 80.3. The van der Waals surface area contributed by atoms with Gasteiger partial charge < -0.3 is 20.3 Å². The number of hydrogen-bond acceptors (Lipinski definition) is 5. The molecule has 0 aliphatic carbocycles. The van der Waals surface area contributed by atoms with E-state index in [1.165, 1.54) is 437 Å². The van der Waals surface area contributed by atoms with Gasteiger partial charge >= 0.3 is 5.97 Å². The van der Waals surface area contributed by atoms with E-state index < -0.39 is 12.1 Å². The number of ether oxygens (including phenoxy) is 1. The van der Waals surface area contributed by atoms with Crippen molar-refractivity contribution in [3.63, 3.8) is 0 Å². The molecular weight excluding hydrogens is 1110 g/mol. The SMILES string of the molecule is CCCCCCCCCCCCCCCCCCCCCC(O)C(CO)NC(=O)CCCCCCCCCCCCCCCCCCCCCCCCCCCCCCCCCCCCCCCCCOC(=O)CCCCCCCCCCCCCCCCCC. The van der Waals surface area contributed by atoms with Crippen molar-refractivity contribution in [2.45, 2.75) is 520 Å². The minimum atomic E-state index is -0.660. The Bertz CT molecular complexity index is 1340. The van der Waals surface area contributed by atoms with Gasteiger partial charge in [-0.15, -0.1) is 0 Å². The normalized spacial score (nSPS) is 12.4. The molecule has 2 atom stereocenters. The number of esters is 1. The molecular formula is C85H169NO5. The molecule has 0 aromatic carbocycles. The Balaban J connectivity index is 3.28. The summed E-state index contributed by atoms with van der Waals surface area (Å²) in [5.41, 5.74) is 0. The van der Waals surface area contributed by atoms with Crippen LogP contribution in [0.1, 0.15) is 508 Å². The lowest BCUT2D eigenvalue weighted by molar-refractivity contribution is -0.143. The second-order valence-electron chi connectivity index (χ2n) is 29.9. The number of carbonyl (C=O) groups excluding carboxylic acids is 2. The van der Waals surface area contributed by atoms with E-state index in [0.29, 0.717) is 25.9 Å². The van der Waals surface area contributed by atoms with Crippen molar-refractivity contribution in [1.29, 1.82) is 0 Å². The molecule has 0 aromatic rings. The molecule has 0 aromatic heterocycles. The maximum absolute atomic E-state index is 12.6. The molecule has 0 saturated heterocycles. The predicted molar refractivity (Wildman–Crippen MR) is 403 cm³/mol. The number of aliphatic hydroxyl groups is 2. The van der Waals surface area contributed by atoms with Crippen molar-refractivity contribution >= 4 is 11.9 Å². The Morgan fingerprint density at radius 2 is 0.451 bits per heavy atom. The monoisotopic (exact) mass is 1280 g/mol. The van der Waals surface area contributed by atoms with E-state index in [4.69, 9.17) is 4.74 Å². The van der Waals surface area contributed by atoms with Crippen LogP contribution in [0.15, 0.2) is 0 Å². The molecule has 0 rings (SSSR count). The molecule has 6 heteroatoms. The zero-order valence-electron chi connectivity index (χ0n) is 62.6. The highest BCUT2D eigenvalue weighted by Gasteiger charge is 2.20. The molecule has 0 spiro atoms. The molecule has 2 unspecified atom stereocenters. The van der Waals surface area contributed by atoms with Crippen molar-refractivity contribution < 1.29 is 24.5 Å². The van der Waals surface area contributed by atoms with E-state index in [9.17, 15) is 19.8 Å². The summed E-state index contributed by atoms with van der Waals surface area (Å²) in [4.78, 5) is 24.7. The molecule has 0 heterocycles. The highest BCUT2D eigenvalue weighted by atomic mass is 16.5. The summed E-state index contributed by atoms with van der Waals surface area (Å²) in [6.07, 6.45) is 102. The lowest BCUT2D eigenvalue weighted by atomic mass is 10.0. The van der Waals surface area contributed by atoms with Gasteiger partial charge in [-0.3, -0.25) is 9.59 Å². The number of aliphatic hydroxyl groups excluding tert-OH is 2. The maximum Gasteiger partial charge on any atom is 0.305 e. The van der Waals surface area contributed by atoms with Crippen LogP contribution in [0.2, 0.25) is 0 Å². The van der Waals surface area contributed by atoms with Crippen molar-refractivity contribution in [2.24, 2.45) is 0 Å². The van der Waals surface area contributed by atoms with E-state index in [0.717, 1.165) is 38.5 Å². The van der Waals surface area contributed by atoms with Crippen molar-refractivity contribution in [1.82, 2.24) is 5.32 Å². The van der Waals surface area contributed by atoms with E-state index in [1.807, 2.05) is 0 Å². The van der Waals surface area contributed by atoms with Crippen LogP contribution in [-0.4, -0.2) is 47.4 Å². The van der Waals surface area contributed by atoms with Gasteiger partial charge in [-0.25, -0.2) is 0 Å². The average Bonchev–Trinajstić information content (AvgIpc) is 3.58. The van der Waals surface area contributed by atoms with E-state index in [1.54, 1.807) is 0 Å². The van der Waals surface area contributed by atoms with Crippen molar-refractivity contribution in [3.05, 3.63) is 0 Å². The topological polar surface area (TPSA) is 95.9 Å². The largest absolute Gasteiger partial charge is 0.466 e. The minimum Gasteiger partial charge on any atom is -0.466 e. The Hall–Kier alpha value is -1.14. The second kappa shape index (κ2) is 81.3. The fraction of sp³-hybridized carbons (Fsp3) is 0.976. The van der Waals surface area contributed by atoms with Crippen LogP contribution in [-0.2, 0) is 14.3 Å². The first kappa shape index (κ1) is 89.9. The van der Waals surface area contributed by atoms with E-state index >= 15 is 0 Å². The number of rotatable bonds is 82. The summed E-state index contributed by atoms with van der Waals surface area (Å²) in [7, 11) is 0. The zero-order chi connectivity index (χ0) is 65.6. The fourth-order valence-electron chi connectivity index (χ4n) is 14.2. The van der Waals surface area contributed by atoms with Crippen LogP contribution < -0.4 is 5.32 Å². The number of carbonyl (C=O) groups is 2. The van der Waals surface area contributed by atoms with Crippen LogP contribution in [0.5, 0.6) is 0 Å². The quantitative estimate of drug-likeness (QED) is 0.0417. The minimum absolute atomic E-state index is 0.0229. The van der Waals surface area contributed by atoms with Crippen LogP contribution in [0.3, 0.4) is 0 Å². The molecule has 544 valence electrons. The Labute approximate surface area is 572 Å². The number of amides is 1. The van der Waals surface area contributed by atoms with Crippen molar-refractivity contribution in [3.8, 4) is 0 Å². The highest BCUT2D eigenvalue weighted by molar-refractivity contribution is 5.76. The van der Waals surface area contributed by atoms with Crippen LogP contribution >= 0.6 is 0 Å². The van der Waals surface area contributed by atoms with Gasteiger partial charge in [-0.05, 0) is 25.7 Å². The van der Waals surface area contributed by atoms with Gasteiger partial charge in [0.15, 0.2) is 0 Å². The molecule has 91 heavy (non-hydrogen) atoms. The van der Waals surface area contributed by atoms with Crippen LogP contribution in [0.25, 0.3) is 0 Å². The molecule has 1 amide bonds. The third-order valence-electron chi connectivity index (χ3n) is 20.7. The summed E-state index contributed by atoms with van der Waals surface area (Å²) < 4.78 is 5.52. The molecule has 0 bridgehead atoms. The van der Waals surface area contributed by atoms with Crippen molar-refractivity contribution in [2.75, 3.05) is 13.2 Å². The van der Waals surface area contributed by atoms with Gasteiger partial charge in [-0.2, -0.15) is 0 Å². The number of hydrogen-bond donors (Lipinski definition) is 3. The van der Waals surface area contributed by atoms with Gasteiger partial charge in [0.05, 0.1) is 25.4 Å². The highest BCUT2D eigenvalue weighted by Crippen LogP contribution is 2.21. The zero-order valence-corrected chi connectivity index (χ0v) is 62.6. The lowest BCUT2D eigenvalue weighted by Crippen LogP contribution is -2.45. The van der Waals surface area contributed by atoms with Gasteiger partial charge in [0, 0.05) is 12.8 Å². The van der Waals surface area contributed by atoms with Crippen LogP contribution in [0, 0.1) is 0 Å². The maximum atomic E-state index is 12.6. The first-order valence-corrected chi connectivity index (χ1v) is 42.8. The molecule has 0 saturated carbocycles. The summed E-state index contributed by atoms with van der Waals surface area (Å²) >= 11 is 0. The third kappa shape index (κ3) is 77.7. The second-order valence-corrected chi connectivity index (χ2v) is 29.9. The van der Waals surface area contributed by atoms with Gasteiger partial charge in [0.1, 0.15) is 0 Å². The smallest absolute Gasteiger partial charge is 0.305 e. The molecule has 0 radical (unpaired) electrons. The molecule has 0 fully saturated rings. The fourth-order valence-corrected chi connectivity index (χ4v) is 14.2. The number of nitrogens with one attached hydrogen (secondary N) is 1. The predicted octanol–water partition coefficient (Wildman–Crippen LogP) is 28.4. The summed E-state index contributed by atoms with van der Waals surface area (Å²) in [5.74, 6) is 0.00616. The third-order valence-corrected chi connectivity index (χ3v) is 20.7. The van der Waals surface area contributed by atoms with Gasteiger partial charge in [0.2, 0.25) is 5.91 Å². The average molecular weight is 1290 g/mol. The molecule has 0 aliphatic heterocycles. The van der Waals surface area contributed by atoms with Gasteiger partial charge in [-0.1, -0.05) is 470 Å². The van der Waals surface area contributed by atoms with E-state index in [-0.39, 0.29) is 18.5 Å². The summed E-state index contributed by atoms with van der Waals surface area (Å²) in [5, 5.41) is 23.4. The Morgan fingerprint density at radius 1 is 0.264 bits per heavy atom. The van der Waals surface area contributed by atoms with Crippen LogP contribution in [0.4, 0.5) is 0 Å². The first-order chi connectivity index (χ1) is 45.0. The summed E-state index contributed by atoms with van der Waals surface area (Å²) in [6.45, 7) is 5.03. The molecule has 3 N–H and O–H groups in total. The lowest BCUT2D eigenvalue weighted by Gasteiger charge is -2.22. The standard InChI is InChI=1S/C85H169NO5/c1-3-5-7-9-11-13-15-17-19-21-43-46-49-53-57-61-65-69-73-77-83(88)82(81-87)86-84(89)78-74-70-66-62-58-54-50-47-44-41-39-37-35-33-31-29-27-25-23-22-24-26-28-30-32-34-36-38-40-42-45-48-52-56-60-64-68-72-76-80-91-85(90)79-75-71-67-63-59-55-51-20-18-16-14-12-10-8-6-4-2/h82-83,87-88H,3-81H2,1-2H3,(H,86,89).